The Hall–Kier alpha value is -3.39. The van der Waals surface area contributed by atoms with Crippen LogP contribution in [0.3, 0.4) is 0 Å². The van der Waals surface area contributed by atoms with Crippen molar-refractivity contribution < 1.29 is 22.7 Å². The van der Waals surface area contributed by atoms with E-state index in [2.05, 4.69) is 4.72 Å². The molecule has 0 saturated heterocycles. The van der Waals surface area contributed by atoms with E-state index < -0.39 is 16.0 Å². The summed E-state index contributed by atoms with van der Waals surface area (Å²) in [6.07, 6.45) is 0. The number of methoxy groups -OCH3 is 1. The van der Waals surface area contributed by atoms with E-state index in [9.17, 15) is 18.0 Å². The van der Waals surface area contributed by atoms with E-state index in [4.69, 9.17) is 4.74 Å². The lowest BCUT2D eigenvalue weighted by atomic mass is 10.1. The van der Waals surface area contributed by atoms with Crippen molar-refractivity contribution in [3.8, 4) is 0 Å². The molecule has 0 aliphatic carbocycles. The van der Waals surface area contributed by atoms with Crippen LogP contribution in [0.15, 0.2) is 59.5 Å². The Bertz CT molecular complexity index is 1270. The summed E-state index contributed by atoms with van der Waals surface area (Å²) < 4.78 is 33.6. The highest BCUT2D eigenvalue weighted by Crippen LogP contribution is 2.40. The molecule has 1 amide bonds. The van der Waals surface area contributed by atoms with Crippen LogP contribution >= 0.6 is 0 Å². The van der Waals surface area contributed by atoms with Gasteiger partial charge in [-0.1, -0.05) is 24.3 Å². The highest BCUT2D eigenvalue weighted by molar-refractivity contribution is 7.93. The van der Waals surface area contributed by atoms with E-state index in [0.717, 1.165) is 0 Å². The molecule has 0 bridgehead atoms. The second-order valence-corrected chi connectivity index (χ2v) is 8.15. The van der Waals surface area contributed by atoms with Crippen LogP contribution in [0.5, 0.6) is 0 Å². The van der Waals surface area contributed by atoms with E-state index in [0.29, 0.717) is 28.6 Å². The number of sulfonamides is 1. The fourth-order valence-corrected chi connectivity index (χ4v) is 4.91. The zero-order valence-corrected chi connectivity index (χ0v) is 16.6. The van der Waals surface area contributed by atoms with E-state index >= 15 is 0 Å². The van der Waals surface area contributed by atoms with Crippen LogP contribution in [0.4, 0.5) is 11.4 Å². The predicted octanol–water partition coefficient (Wildman–Crippen LogP) is 3.41. The number of amides is 1. The molecule has 1 aliphatic heterocycles. The Kier molecular flexibility index (Phi) is 4.50. The van der Waals surface area contributed by atoms with Crippen molar-refractivity contribution in [1.29, 1.82) is 0 Å². The van der Waals surface area contributed by atoms with Gasteiger partial charge in [0.15, 0.2) is 0 Å². The molecule has 0 atom stereocenters. The zero-order valence-electron chi connectivity index (χ0n) is 15.8. The molecule has 0 spiro atoms. The van der Waals surface area contributed by atoms with Gasteiger partial charge in [-0.3, -0.25) is 9.52 Å². The first-order valence-electron chi connectivity index (χ1n) is 8.96. The van der Waals surface area contributed by atoms with E-state index in [-0.39, 0.29) is 22.1 Å². The van der Waals surface area contributed by atoms with Crippen molar-refractivity contribution in [3.63, 3.8) is 0 Å². The third-order valence-corrected chi connectivity index (χ3v) is 6.35. The largest absolute Gasteiger partial charge is 0.465 e. The first kappa shape index (κ1) is 18.9. The number of nitrogens with zero attached hydrogens (tertiary/aromatic N) is 1. The molecule has 0 aromatic heterocycles. The molecule has 3 aromatic carbocycles. The summed E-state index contributed by atoms with van der Waals surface area (Å²) in [7, 11) is -2.81. The Morgan fingerprint density at radius 1 is 1.07 bits per heavy atom. The van der Waals surface area contributed by atoms with Crippen LogP contribution < -0.4 is 9.62 Å². The number of carbonyl (C=O) groups is 2. The maximum absolute atomic E-state index is 13.2. The number of ether oxygens (including phenoxy) is 1. The normalized spacial score (nSPS) is 13.0. The minimum atomic E-state index is -4.04. The number of para-hydroxylation sites is 1. The number of rotatable bonds is 5. The molecule has 7 nitrogen and oxygen atoms in total. The number of esters is 1. The molecule has 0 fully saturated rings. The number of anilines is 2. The average molecular weight is 410 g/mol. The molecule has 3 aromatic rings. The lowest BCUT2D eigenvalue weighted by molar-refractivity contribution is 0.0602. The van der Waals surface area contributed by atoms with Gasteiger partial charge in [0.25, 0.3) is 15.9 Å². The number of nitrogens with one attached hydrogen (secondary N) is 1. The molecular formula is C21H18N2O5S. The second kappa shape index (κ2) is 6.89. The lowest BCUT2D eigenvalue weighted by Crippen LogP contribution is -2.25. The van der Waals surface area contributed by atoms with Gasteiger partial charge in [0.2, 0.25) is 0 Å². The van der Waals surface area contributed by atoms with Crippen molar-refractivity contribution >= 4 is 44.0 Å². The summed E-state index contributed by atoms with van der Waals surface area (Å²) in [5, 5.41) is 1.07. The maximum Gasteiger partial charge on any atom is 0.339 e. The Morgan fingerprint density at radius 2 is 1.83 bits per heavy atom. The zero-order chi connectivity index (χ0) is 20.8. The topological polar surface area (TPSA) is 92.8 Å². The van der Waals surface area contributed by atoms with Gasteiger partial charge >= 0.3 is 5.97 Å². The summed E-state index contributed by atoms with van der Waals surface area (Å²) in [5.74, 6) is -0.792. The van der Waals surface area contributed by atoms with Gasteiger partial charge in [0.1, 0.15) is 0 Å². The summed E-state index contributed by atoms with van der Waals surface area (Å²) in [6.45, 7) is 2.35. The summed E-state index contributed by atoms with van der Waals surface area (Å²) in [6, 6.07) is 14.4. The van der Waals surface area contributed by atoms with Crippen molar-refractivity contribution in [3.05, 3.63) is 65.7 Å². The molecule has 1 N–H and O–H groups in total. The number of hydrogen-bond donors (Lipinski definition) is 1. The van der Waals surface area contributed by atoms with Crippen LogP contribution in [0.1, 0.15) is 27.6 Å². The number of benzene rings is 3. The van der Waals surface area contributed by atoms with Crippen LogP contribution in [0.2, 0.25) is 0 Å². The summed E-state index contributed by atoms with van der Waals surface area (Å²) in [5.41, 5.74) is 1.40. The van der Waals surface area contributed by atoms with Crippen LogP contribution in [-0.4, -0.2) is 33.9 Å². The monoisotopic (exact) mass is 410 g/mol. The minimum absolute atomic E-state index is 0.0310. The Labute approximate surface area is 167 Å². The van der Waals surface area contributed by atoms with E-state index in [1.54, 1.807) is 41.3 Å². The highest BCUT2D eigenvalue weighted by Gasteiger charge is 2.31. The van der Waals surface area contributed by atoms with Gasteiger partial charge < -0.3 is 9.64 Å². The first-order valence-corrected chi connectivity index (χ1v) is 10.4. The van der Waals surface area contributed by atoms with Gasteiger partial charge in [-0.25, -0.2) is 13.2 Å². The quantitative estimate of drug-likeness (QED) is 0.651. The highest BCUT2D eigenvalue weighted by atomic mass is 32.2. The van der Waals surface area contributed by atoms with Crippen molar-refractivity contribution in [2.75, 3.05) is 23.3 Å². The van der Waals surface area contributed by atoms with Gasteiger partial charge in [-0.05, 0) is 37.3 Å². The molecule has 29 heavy (non-hydrogen) atoms. The third kappa shape index (κ3) is 2.92. The van der Waals surface area contributed by atoms with Crippen molar-refractivity contribution in [1.82, 2.24) is 0 Å². The molecule has 1 aliphatic rings. The lowest BCUT2D eigenvalue weighted by Gasteiger charge is -2.16. The third-order valence-electron chi connectivity index (χ3n) is 4.93. The van der Waals surface area contributed by atoms with E-state index in [1.807, 2.05) is 6.92 Å². The molecule has 0 radical (unpaired) electrons. The predicted molar refractivity (Wildman–Crippen MR) is 110 cm³/mol. The van der Waals surface area contributed by atoms with Crippen LogP contribution in [-0.2, 0) is 14.8 Å². The molecule has 148 valence electrons. The average Bonchev–Trinajstić information content (AvgIpc) is 3.00. The number of carbonyl (C=O) groups excluding carboxylic acids is 2. The van der Waals surface area contributed by atoms with Crippen molar-refractivity contribution in [2.45, 2.75) is 11.8 Å². The van der Waals surface area contributed by atoms with E-state index in [1.165, 1.54) is 25.3 Å². The van der Waals surface area contributed by atoms with Crippen LogP contribution in [0, 0.1) is 0 Å². The second-order valence-electron chi connectivity index (χ2n) is 6.50. The molecule has 8 heteroatoms. The fraction of sp³-hybridized carbons (Fsp3) is 0.143. The van der Waals surface area contributed by atoms with Gasteiger partial charge in [-0.2, -0.15) is 0 Å². The number of hydrogen-bond acceptors (Lipinski definition) is 5. The maximum atomic E-state index is 13.2. The standard InChI is InChI=1S/C21H18N2O5S/c1-3-23-17-11-12-18(14-8-6-9-15(19(14)17)20(23)24)29(26,27)22-16-10-5-4-7-13(16)21(25)28-2/h4-12,22H,3H2,1-2H3. The molecule has 0 unspecified atom stereocenters. The van der Waals surface area contributed by atoms with Crippen LogP contribution in [0.25, 0.3) is 10.8 Å². The summed E-state index contributed by atoms with van der Waals surface area (Å²) >= 11 is 0. The first-order chi connectivity index (χ1) is 13.9. The van der Waals surface area contributed by atoms with Crippen molar-refractivity contribution in [2.24, 2.45) is 0 Å². The molecule has 1 heterocycles. The Balaban J connectivity index is 1.86. The molecular weight excluding hydrogens is 392 g/mol. The van der Waals surface area contributed by atoms with Gasteiger partial charge in [0, 0.05) is 22.9 Å². The SMILES string of the molecule is CCN1C(=O)c2cccc3c(S(=O)(=O)Nc4ccccc4C(=O)OC)ccc1c23. The fourth-order valence-electron chi connectivity index (χ4n) is 3.63. The Morgan fingerprint density at radius 3 is 2.55 bits per heavy atom. The minimum Gasteiger partial charge on any atom is -0.465 e. The molecule has 0 saturated carbocycles. The van der Waals surface area contributed by atoms with Gasteiger partial charge in [0.05, 0.1) is 28.9 Å². The smallest absolute Gasteiger partial charge is 0.339 e. The molecule has 4 rings (SSSR count). The summed E-state index contributed by atoms with van der Waals surface area (Å²) in [4.78, 5) is 26.2. The van der Waals surface area contributed by atoms with Gasteiger partial charge in [-0.15, -0.1) is 0 Å².